The molecule has 0 radical (unpaired) electrons. The van der Waals surface area contributed by atoms with Crippen LogP contribution in [0.2, 0.25) is 0 Å². The average Bonchev–Trinajstić information content (AvgIpc) is 3.37. The summed E-state index contributed by atoms with van der Waals surface area (Å²) in [5.41, 5.74) is -0.249. The third kappa shape index (κ3) is 3.50. The van der Waals surface area contributed by atoms with Crippen LogP contribution in [-0.2, 0) is 19.0 Å². The maximum absolute atomic E-state index is 12.6. The van der Waals surface area contributed by atoms with E-state index in [9.17, 15) is 4.79 Å². The number of ether oxygens (including phenoxy) is 3. The molecule has 4 heteroatoms. The van der Waals surface area contributed by atoms with E-state index >= 15 is 0 Å². The predicted octanol–water partition coefficient (Wildman–Crippen LogP) is 3.86. The zero-order chi connectivity index (χ0) is 17.1. The first-order valence-electron chi connectivity index (χ1n) is 9.77. The minimum absolute atomic E-state index is 0.0148. The molecule has 0 bridgehead atoms. The van der Waals surface area contributed by atoms with Gasteiger partial charge in [-0.25, -0.2) is 0 Å². The van der Waals surface area contributed by atoms with Gasteiger partial charge in [-0.2, -0.15) is 0 Å². The highest BCUT2D eigenvalue weighted by molar-refractivity contribution is 5.73. The maximum atomic E-state index is 12.6. The Labute approximate surface area is 145 Å². The normalized spacial score (nSPS) is 41.2. The first-order valence-corrected chi connectivity index (χ1v) is 9.77. The molecule has 136 valence electrons. The van der Waals surface area contributed by atoms with Crippen molar-refractivity contribution in [3.05, 3.63) is 0 Å². The van der Waals surface area contributed by atoms with Crippen molar-refractivity contribution in [3.63, 3.8) is 0 Å². The molecule has 6 unspecified atom stereocenters. The fraction of sp³-hybridized carbons (Fsp3) is 0.950. The first kappa shape index (κ1) is 16.8. The van der Waals surface area contributed by atoms with Crippen LogP contribution < -0.4 is 0 Å². The lowest BCUT2D eigenvalue weighted by molar-refractivity contribution is -0.166. The van der Waals surface area contributed by atoms with Crippen molar-refractivity contribution in [2.24, 2.45) is 17.3 Å². The van der Waals surface area contributed by atoms with Crippen molar-refractivity contribution in [2.75, 3.05) is 0 Å². The van der Waals surface area contributed by atoms with E-state index in [-0.39, 0.29) is 17.3 Å². The van der Waals surface area contributed by atoms with Gasteiger partial charge in [-0.15, -0.1) is 0 Å². The van der Waals surface area contributed by atoms with E-state index in [1.807, 2.05) is 0 Å². The molecule has 24 heavy (non-hydrogen) atoms. The van der Waals surface area contributed by atoms with Crippen LogP contribution in [0.4, 0.5) is 0 Å². The molecule has 4 fully saturated rings. The molecule has 4 aliphatic rings. The van der Waals surface area contributed by atoms with Gasteiger partial charge in [-0.05, 0) is 70.1 Å². The van der Waals surface area contributed by atoms with E-state index < -0.39 is 5.60 Å². The largest absolute Gasteiger partial charge is 0.459 e. The molecule has 2 heterocycles. The van der Waals surface area contributed by atoms with Gasteiger partial charge in [0.2, 0.25) is 0 Å². The highest BCUT2D eigenvalue weighted by Gasteiger charge is 2.50. The fourth-order valence-corrected chi connectivity index (χ4v) is 5.37. The quantitative estimate of drug-likeness (QED) is 0.565. The Morgan fingerprint density at radius 1 is 0.917 bits per heavy atom. The molecule has 2 aliphatic carbocycles. The van der Waals surface area contributed by atoms with Gasteiger partial charge in [-0.1, -0.05) is 13.8 Å². The monoisotopic (exact) mass is 336 g/mol. The molecule has 0 N–H and O–H groups in total. The Morgan fingerprint density at radius 2 is 1.54 bits per heavy atom. The molecule has 2 saturated heterocycles. The molecule has 0 aromatic heterocycles. The summed E-state index contributed by atoms with van der Waals surface area (Å²) in [6, 6.07) is 0. The van der Waals surface area contributed by atoms with E-state index in [0.29, 0.717) is 30.3 Å². The number of hydrogen-bond donors (Lipinski definition) is 0. The Balaban J connectivity index is 1.32. The van der Waals surface area contributed by atoms with Gasteiger partial charge >= 0.3 is 5.97 Å². The predicted molar refractivity (Wildman–Crippen MR) is 90.6 cm³/mol. The van der Waals surface area contributed by atoms with Crippen molar-refractivity contribution in [1.29, 1.82) is 0 Å². The van der Waals surface area contributed by atoms with Crippen LogP contribution in [0.1, 0.15) is 72.6 Å². The van der Waals surface area contributed by atoms with Gasteiger partial charge in [-0.3, -0.25) is 4.79 Å². The van der Waals surface area contributed by atoms with Crippen LogP contribution in [0.5, 0.6) is 0 Å². The van der Waals surface area contributed by atoms with Crippen LogP contribution in [0, 0.1) is 17.3 Å². The number of esters is 1. The number of rotatable bonds is 5. The van der Waals surface area contributed by atoms with Crippen LogP contribution in [0.15, 0.2) is 0 Å². The van der Waals surface area contributed by atoms with E-state index in [1.165, 1.54) is 19.3 Å². The number of fused-ring (bicyclic) bond motifs is 2. The molecule has 0 aromatic carbocycles. The second kappa shape index (κ2) is 5.70. The van der Waals surface area contributed by atoms with Gasteiger partial charge < -0.3 is 14.2 Å². The third-order valence-electron chi connectivity index (χ3n) is 6.70. The molecular weight excluding hydrogens is 304 g/mol. The molecule has 2 saturated carbocycles. The molecule has 2 aliphatic heterocycles. The summed E-state index contributed by atoms with van der Waals surface area (Å²) in [6.07, 6.45) is 9.10. The Kier molecular flexibility index (Phi) is 4.00. The summed E-state index contributed by atoms with van der Waals surface area (Å²) in [5, 5.41) is 0. The van der Waals surface area contributed by atoms with E-state index in [2.05, 4.69) is 27.7 Å². The smallest absolute Gasteiger partial charge is 0.309 e. The zero-order valence-corrected chi connectivity index (χ0v) is 15.5. The second-order valence-electron chi connectivity index (χ2n) is 9.79. The molecule has 0 spiro atoms. The lowest BCUT2D eigenvalue weighted by atomic mass is 9.67. The Morgan fingerprint density at radius 3 is 2.17 bits per heavy atom. The zero-order valence-electron chi connectivity index (χ0n) is 15.5. The Bertz CT molecular complexity index is 512. The Hall–Kier alpha value is -0.610. The van der Waals surface area contributed by atoms with E-state index in [1.54, 1.807) is 0 Å². The van der Waals surface area contributed by atoms with Crippen LogP contribution in [0.3, 0.4) is 0 Å². The van der Waals surface area contributed by atoms with Crippen molar-refractivity contribution < 1.29 is 19.0 Å². The van der Waals surface area contributed by atoms with Gasteiger partial charge in [0.1, 0.15) is 5.60 Å². The summed E-state index contributed by atoms with van der Waals surface area (Å²) in [7, 11) is 0. The molecule has 0 aromatic rings. The third-order valence-corrected chi connectivity index (χ3v) is 6.70. The number of epoxide rings is 2. The minimum atomic E-state index is -0.414. The second-order valence-corrected chi connectivity index (χ2v) is 9.79. The highest BCUT2D eigenvalue weighted by atomic mass is 16.6. The standard InChI is InChI=1S/C20H32O4/c1-19(2,13-6-8-15-17(10-13)23-15)11-20(3,4)24-18(21)12-5-7-14-16(9-12)22-14/h12-17H,5-11H2,1-4H3. The summed E-state index contributed by atoms with van der Waals surface area (Å²) in [6.45, 7) is 8.81. The highest BCUT2D eigenvalue weighted by Crippen LogP contribution is 2.49. The van der Waals surface area contributed by atoms with Crippen molar-refractivity contribution in [3.8, 4) is 0 Å². The van der Waals surface area contributed by atoms with Gasteiger partial charge in [0.25, 0.3) is 0 Å². The topological polar surface area (TPSA) is 51.4 Å². The number of carbonyl (C=O) groups excluding carboxylic acids is 1. The molecular formula is C20H32O4. The summed E-state index contributed by atoms with van der Waals surface area (Å²) in [5.74, 6) is 0.681. The van der Waals surface area contributed by atoms with E-state index in [4.69, 9.17) is 14.2 Å². The lowest BCUT2D eigenvalue weighted by Gasteiger charge is -2.41. The van der Waals surface area contributed by atoms with Crippen LogP contribution >= 0.6 is 0 Å². The molecule has 0 amide bonds. The minimum Gasteiger partial charge on any atom is -0.459 e. The molecule has 4 nitrogen and oxygen atoms in total. The summed E-state index contributed by atoms with van der Waals surface area (Å²) in [4.78, 5) is 12.6. The van der Waals surface area contributed by atoms with E-state index in [0.717, 1.165) is 25.7 Å². The van der Waals surface area contributed by atoms with Crippen molar-refractivity contribution >= 4 is 5.97 Å². The van der Waals surface area contributed by atoms with Crippen LogP contribution in [0.25, 0.3) is 0 Å². The van der Waals surface area contributed by atoms with Crippen molar-refractivity contribution in [2.45, 2.75) is 103 Å². The molecule has 6 atom stereocenters. The van der Waals surface area contributed by atoms with Gasteiger partial charge in [0, 0.05) is 0 Å². The first-order chi connectivity index (χ1) is 11.2. The molecule has 4 rings (SSSR count). The summed E-state index contributed by atoms with van der Waals surface area (Å²) < 4.78 is 17.2. The number of hydrogen-bond acceptors (Lipinski definition) is 4. The van der Waals surface area contributed by atoms with Crippen LogP contribution in [-0.4, -0.2) is 36.0 Å². The maximum Gasteiger partial charge on any atom is 0.309 e. The lowest BCUT2D eigenvalue weighted by Crippen LogP contribution is -2.40. The van der Waals surface area contributed by atoms with Gasteiger partial charge in [0.05, 0.1) is 30.3 Å². The fourth-order valence-electron chi connectivity index (χ4n) is 5.37. The SMILES string of the molecule is CC(C)(CC(C)(C)C1CCC2OC2C1)OC(=O)C1CCC2OC2C1. The average molecular weight is 336 g/mol. The van der Waals surface area contributed by atoms with Crippen molar-refractivity contribution in [1.82, 2.24) is 0 Å². The number of carbonyl (C=O) groups is 1. The van der Waals surface area contributed by atoms with Gasteiger partial charge in [0.15, 0.2) is 0 Å². The summed E-state index contributed by atoms with van der Waals surface area (Å²) >= 11 is 0.